The third-order valence-electron chi connectivity index (χ3n) is 2.61. The van der Waals surface area contributed by atoms with Crippen molar-refractivity contribution in [2.45, 2.75) is 18.2 Å². The molecule has 0 spiro atoms. The van der Waals surface area contributed by atoms with Gasteiger partial charge in [-0.2, -0.15) is 8.42 Å². The maximum Gasteiger partial charge on any atom is 0.296 e. The first-order valence-electron chi connectivity index (χ1n) is 5.67. The van der Waals surface area contributed by atoms with E-state index >= 15 is 0 Å². The van der Waals surface area contributed by atoms with Crippen LogP contribution in [0.4, 0.5) is 0 Å². The van der Waals surface area contributed by atoms with Gasteiger partial charge in [0.25, 0.3) is 10.1 Å². The highest BCUT2D eigenvalue weighted by molar-refractivity contribution is 14.1. The molecule has 0 N–H and O–H groups in total. The minimum atomic E-state index is -3.64. The Morgan fingerprint density at radius 3 is 2.47 bits per heavy atom. The van der Waals surface area contributed by atoms with Gasteiger partial charge in [0.05, 0.1) is 14.4 Å². The monoisotopic (exact) mass is 408 g/mol. The van der Waals surface area contributed by atoms with E-state index in [1.807, 2.05) is 18.4 Å². The van der Waals surface area contributed by atoms with Crippen molar-refractivity contribution in [1.29, 1.82) is 0 Å². The molecule has 3 nitrogen and oxygen atoms in total. The van der Waals surface area contributed by atoms with Crippen LogP contribution in [0.25, 0.3) is 0 Å². The molecule has 0 aliphatic rings. The van der Waals surface area contributed by atoms with E-state index in [0.29, 0.717) is 6.42 Å². The van der Waals surface area contributed by atoms with E-state index in [0.717, 1.165) is 11.1 Å². The van der Waals surface area contributed by atoms with Crippen LogP contribution in [0.3, 0.4) is 0 Å². The predicted molar refractivity (Wildman–Crippen MR) is 85.1 cm³/mol. The van der Waals surface area contributed by atoms with E-state index < -0.39 is 10.1 Å². The highest BCUT2D eigenvalue weighted by Gasteiger charge is 2.14. The second-order valence-electron chi connectivity index (χ2n) is 4.06. The summed E-state index contributed by atoms with van der Waals surface area (Å²) in [6, 6.07) is 8.66. The van der Waals surface area contributed by atoms with Gasteiger partial charge in [-0.05, 0) is 65.1 Å². The average Bonchev–Trinajstić information content (AvgIpc) is 2.75. The molecule has 1 aromatic carbocycles. The molecule has 0 saturated carbocycles. The number of rotatable bonds is 5. The third-order valence-corrected chi connectivity index (χ3v) is 6.14. The van der Waals surface area contributed by atoms with Crippen molar-refractivity contribution in [3.8, 4) is 0 Å². The van der Waals surface area contributed by atoms with Gasteiger partial charge in [0.1, 0.15) is 0 Å². The van der Waals surface area contributed by atoms with Crippen molar-refractivity contribution in [2.75, 3.05) is 6.61 Å². The van der Waals surface area contributed by atoms with Crippen LogP contribution >= 0.6 is 33.9 Å². The van der Waals surface area contributed by atoms with Crippen LogP contribution in [-0.4, -0.2) is 15.0 Å². The topological polar surface area (TPSA) is 43.4 Å². The Labute approximate surface area is 130 Å². The SMILES string of the molecule is Cc1ccc(S(=O)(=O)OCCc2ccsc2I)cc1. The van der Waals surface area contributed by atoms with E-state index in [2.05, 4.69) is 22.6 Å². The van der Waals surface area contributed by atoms with Gasteiger partial charge in [0.15, 0.2) is 0 Å². The van der Waals surface area contributed by atoms with Gasteiger partial charge in [-0.15, -0.1) is 11.3 Å². The van der Waals surface area contributed by atoms with E-state index in [1.54, 1.807) is 35.6 Å². The summed E-state index contributed by atoms with van der Waals surface area (Å²) in [7, 11) is -3.64. The van der Waals surface area contributed by atoms with Crippen molar-refractivity contribution in [3.05, 3.63) is 49.7 Å². The quantitative estimate of drug-likeness (QED) is 0.561. The van der Waals surface area contributed by atoms with Crippen molar-refractivity contribution < 1.29 is 12.6 Å². The first-order valence-corrected chi connectivity index (χ1v) is 9.04. The number of halogens is 1. The van der Waals surface area contributed by atoms with Crippen LogP contribution in [0.5, 0.6) is 0 Å². The molecule has 0 amide bonds. The molecule has 19 heavy (non-hydrogen) atoms. The van der Waals surface area contributed by atoms with Crippen LogP contribution in [0.1, 0.15) is 11.1 Å². The normalized spacial score (nSPS) is 11.7. The van der Waals surface area contributed by atoms with Gasteiger partial charge < -0.3 is 0 Å². The minimum absolute atomic E-state index is 0.170. The van der Waals surface area contributed by atoms with Crippen LogP contribution in [0, 0.1) is 9.81 Å². The van der Waals surface area contributed by atoms with Gasteiger partial charge in [0, 0.05) is 0 Å². The molecular formula is C13H13IO3S2. The van der Waals surface area contributed by atoms with Gasteiger partial charge in [0.2, 0.25) is 0 Å². The summed E-state index contributed by atoms with van der Waals surface area (Å²) in [5.41, 5.74) is 2.15. The third kappa shape index (κ3) is 4.01. The summed E-state index contributed by atoms with van der Waals surface area (Å²) in [6.07, 6.45) is 0.604. The maximum atomic E-state index is 11.9. The molecule has 0 unspecified atom stereocenters. The first-order chi connectivity index (χ1) is 8.99. The fraction of sp³-hybridized carbons (Fsp3) is 0.231. The first kappa shape index (κ1) is 15.0. The van der Waals surface area contributed by atoms with E-state index in [-0.39, 0.29) is 11.5 Å². The number of aryl methyl sites for hydroxylation is 1. The molecule has 0 saturated heterocycles. The molecule has 0 aliphatic carbocycles. The zero-order valence-corrected chi connectivity index (χ0v) is 14.1. The lowest BCUT2D eigenvalue weighted by Gasteiger charge is -2.05. The van der Waals surface area contributed by atoms with Crippen molar-refractivity contribution in [1.82, 2.24) is 0 Å². The Balaban J connectivity index is 1.98. The molecule has 2 rings (SSSR count). The van der Waals surface area contributed by atoms with Gasteiger partial charge in [-0.3, -0.25) is 4.18 Å². The summed E-state index contributed by atoms with van der Waals surface area (Å²) in [5.74, 6) is 0. The van der Waals surface area contributed by atoms with Crippen LogP contribution < -0.4 is 0 Å². The molecule has 6 heteroatoms. The summed E-state index contributed by atoms with van der Waals surface area (Å²) >= 11 is 3.89. The van der Waals surface area contributed by atoms with E-state index in [4.69, 9.17) is 4.18 Å². The Kier molecular flexibility index (Phi) is 4.99. The summed E-state index contributed by atoms with van der Waals surface area (Å²) in [4.78, 5) is 0.207. The lowest BCUT2D eigenvalue weighted by atomic mass is 10.2. The number of hydrogen-bond acceptors (Lipinski definition) is 4. The van der Waals surface area contributed by atoms with Crippen molar-refractivity contribution >= 4 is 44.0 Å². The van der Waals surface area contributed by atoms with Gasteiger partial charge in [-0.25, -0.2) is 0 Å². The number of thiophene rings is 1. The smallest absolute Gasteiger partial charge is 0.266 e. The zero-order valence-electron chi connectivity index (χ0n) is 10.3. The molecule has 0 bridgehead atoms. The van der Waals surface area contributed by atoms with E-state index in [1.165, 1.54) is 2.88 Å². The fourth-order valence-corrected chi connectivity index (χ4v) is 4.00. The Bertz CT molecular complexity index is 645. The fourth-order valence-electron chi connectivity index (χ4n) is 1.53. The average molecular weight is 408 g/mol. The molecular weight excluding hydrogens is 395 g/mol. The standard InChI is InChI=1S/C13H13IO3S2/c1-10-2-4-12(5-3-10)19(15,16)17-8-6-11-7-9-18-13(11)14/h2-5,7,9H,6,8H2,1H3. The highest BCUT2D eigenvalue weighted by Crippen LogP contribution is 2.20. The second kappa shape index (κ2) is 6.34. The molecule has 102 valence electrons. The summed E-state index contributed by atoms with van der Waals surface area (Å²) < 4.78 is 30.1. The molecule has 2 aromatic rings. The zero-order chi connectivity index (χ0) is 13.9. The summed E-state index contributed by atoms with van der Waals surface area (Å²) in [5, 5.41) is 1.99. The maximum absolute atomic E-state index is 11.9. The lowest BCUT2D eigenvalue weighted by Crippen LogP contribution is -2.09. The second-order valence-corrected chi connectivity index (χ2v) is 8.40. The molecule has 0 atom stereocenters. The van der Waals surface area contributed by atoms with Gasteiger partial charge in [-0.1, -0.05) is 17.7 Å². The lowest BCUT2D eigenvalue weighted by molar-refractivity contribution is 0.322. The van der Waals surface area contributed by atoms with E-state index in [9.17, 15) is 8.42 Å². The van der Waals surface area contributed by atoms with Gasteiger partial charge >= 0.3 is 0 Å². The Morgan fingerprint density at radius 2 is 1.89 bits per heavy atom. The van der Waals surface area contributed by atoms with Crippen LogP contribution in [-0.2, 0) is 20.7 Å². The molecule has 0 fully saturated rings. The Morgan fingerprint density at radius 1 is 1.21 bits per heavy atom. The van der Waals surface area contributed by atoms with Crippen molar-refractivity contribution in [3.63, 3.8) is 0 Å². The molecule has 0 radical (unpaired) electrons. The molecule has 1 heterocycles. The largest absolute Gasteiger partial charge is 0.296 e. The predicted octanol–water partition coefficient (Wildman–Crippen LogP) is 3.61. The molecule has 1 aromatic heterocycles. The number of benzene rings is 1. The summed E-state index contributed by atoms with van der Waals surface area (Å²) in [6.45, 7) is 2.08. The van der Waals surface area contributed by atoms with Crippen LogP contribution in [0.15, 0.2) is 40.6 Å². The Hall–Kier alpha value is -0.440. The van der Waals surface area contributed by atoms with Crippen molar-refractivity contribution in [2.24, 2.45) is 0 Å². The highest BCUT2D eigenvalue weighted by atomic mass is 127. The van der Waals surface area contributed by atoms with Crippen LogP contribution in [0.2, 0.25) is 0 Å². The minimum Gasteiger partial charge on any atom is -0.266 e. The molecule has 0 aliphatic heterocycles. The number of hydrogen-bond donors (Lipinski definition) is 0.